The van der Waals surface area contributed by atoms with Crippen LogP contribution in [0.2, 0.25) is 0 Å². The van der Waals surface area contributed by atoms with Crippen LogP contribution in [-0.2, 0) is 11.3 Å². The van der Waals surface area contributed by atoms with Gasteiger partial charge < -0.3 is 9.47 Å². The van der Waals surface area contributed by atoms with Crippen LogP contribution < -0.4 is 0 Å². The molecule has 1 atom stereocenters. The molecule has 0 unspecified atom stereocenters. The first-order chi connectivity index (χ1) is 12.7. The Morgan fingerprint density at radius 2 is 2.08 bits per heavy atom. The van der Waals surface area contributed by atoms with Crippen molar-refractivity contribution in [3.05, 3.63) is 41.7 Å². The Labute approximate surface area is 151 Å². The van der Waals surface area contributed by atoms with Crippen molar-refractivity contribution in [2.75, 3.05) is 6.54 Å². The summed E-state index contributed by atoms with van der Waals surface area (Å²) < 4.78 is 2.12. The Balaban J connectivity index is 1.45. The average Bonchev–Trinajstić information content (AvgIpc) is 3.05. The molecule has 26 heavy (non-hydrogen) atoms. The number of fused-ring (bicyclic) bond motifs is 1. The Hall–Kier alpha value is -2.70. The molecule has 1 aromatic carbocycles. The molecule has 7 nitrogen and oxygen atoms in total. The molecule has 1 saturated carbocycles. The SMILES string of the molecule is Cc1nc([C@@H]2CCCN2C(=O)Cn2c(C3CC3)nc3ccccc32)n[nH]1. The lowest BCUT2D eigenvalue weighted by atomic mass is 10.2. The smallest absolute Gasteiger partial charge is 0.243 e. The van der Waals surface area contributed by atoms with Crippen molar-refractivity contribution in [2.45, 2.75) is 51.1 Å². The molecular weight excluding hydrogens is 328 g/mol. The van der Waals surface area contributed by atoms with Crippen LogP contribution in [0.25, 0.3) is 11.0 Å². The van der Waals surface area contributed by atoms with Crippen molar-refractivity contribution in [2.24, 2.45) is 0 Å². The highest BCUT2D eigenvalue weighted by molar-refractivity contribution is 5.81. The van der Waals surface area contributed by atoms with Crippen molar-refractivity contribution in [1.82, 2.24) is 29.6 Å². The van der Waals surface area contributed by atoms with Gasteiger partial charge in [-0.25, -0.2) is 9.97 Å². The highest BCUT2D eigenvalue weighted by atomic mass is 16.2. The number of hydrogen-bond donors (Lipinski definition) is 1. The van der Waals surface area contributed by atoms with Gasteiger partial charge in [-0.1, -0.05) is 12.1 Å². The summed E-state index contributed by atoms with van der Waals surface area (Å²) in [6, 6.07) is 8.07. The minimum absolute atomic E-state index is 0.0217. The maximum absolute atomic E-state index is 13.2. The molecule has 1 aliphatic carbocycles. The lowest BCUT2D eigenvalue weighted by Crippen LogP contribution is -2.34. The lowest BCUT2D eigenvalue weighted by Gasteiger charge is -2.23. The molecule has 1 saturated heterocycles. The van der Waals surface area contributed by atoms with E-state index in [4.69, 9.17) is 4.98 Å². The number of hydrogen-bond acceptors (Lipinski definition) is 4. The van der Waals surface area contributed by atoms with Gasteiger partial charge in [-0.2, -0.15) is 5.10 Å². The lowest BCUT2D eigenvalue weighted by molar-refractivity contribution is -0.132. The summed E-state index contributed by atoms with van der Waals surface area (Å²) in [6.07, 6.45) is 4.24. The summed E-state index contributed by atoms with van der Waals surface area (Å²) in [6.45, 7) is 2.99. The number of H-pyrrole nitrogens is 1. The quantitative estimate of drug-likeness (QED) is 0.784. The van der Waals surface area contributed by atoms with Gasteiger partial charge in [-0.3, -0.25) is 9.89 Å². The first-order valence-electron chi connectivity index (χ1n) is 9.34. The highest BCUT2D eigenvalue weighted by Gasteiger charge is 2.35. The summed E-state index contributed by atoms with van der Waals surface area (Å²) >= 11 is 0. The standard InChI is InChI=1S/C19H22N6O/c1-12-20-18(23-22-12)16-7-4-10-24(16)17(26)11-25-15-6-3-2-5-14(15)21-19(25)13-8-9-13/h2-3,5-6,13,16H,4,7-11H2,1H3,(H,20,22,23)/t16-/m0/s1. The van der Waals surface area contributed by atoms with Gasteiger partial charge in [-0.15, -0.1) is 0 Å². The fourth-order valence-electron chi connectivity index (χ4n) is 3.98. The molecule has 1 aliphatic heterocycles. The summed E-state index contributed by atoms with van der Waals surface area (Å²) in [5, 5.41) is 7.18. The fraction of sp³-hybridized carbons (Fsp3) is 0.474. The normalized spacial score (nSPS) is 20.2. The number of benzene rings is 1. The van der Waals surface area contributed by atoms with Gasteiger partial charge in [0.2, 0.25) is 5.91 Å². The third-order valence-electron chi connectivity index (χ3n) is 5.41. The monoisotopic (exact) mass is 350 g/mol. The van der Waals surface area contributed by atoms with Crippen molar-refractivity contribution in [3.8, 4) is 0 Å². The van der Waals surface area contributed by atoms with Crippen LogP contribution >= 0.6 is 0 Å². The van der Waals surface area contributed by atoms with Crippen LogP contribution in [-0.4, -0.2) is 42.1 Å². The Morgan fingerprint density at radius 3 is 2.85 bits per heavy atom. The molecule has 134 valence electrons. The van der Waals surface area contributed by atoms with Crippen LogP contribution in [0.15, 0.2) is 24.3 Å². The van der Waals surface area contributed by atoms with Gasteiger partial charge in [0.25, 0.3) is 0 Å². The molecule has 3 heterocycles. The van der Waals surface area contributed by atoms with Gasteiger partial charge in [0.15, 0.2) is 5.82 Å². The molecule has 3 aromatic rings. The fourth-order valence-corrected chi connectivity index (χ4v) is 3.98. The third-order valence-corrected chi connectivity index (χ3v) is 5.41. The number of carbonyl (C=O) groups excluding carboxylic acids is 1. The van der Waals surface area contributed by atoms with Gasteiger partial charge in [0.05, 0.1) is 17.1 Å². The molecular formula is C19H22N6O. The van der Waals surface area contributed by atoms with Crippen LogP contribution in [0, 0.1) is 6.92 Å². The predicted molar refractivity (Wildman–Crippen MR) is 96.5 cm³/mol. The van der Waals surface area contributed by atoms with E-state index in [2.05, 4.69) is 25.8 Å². The number of imidazole rings is 1. The van der Waals surface area contributed by atoms with E-state index in [9.17, 15) is 4.79 Å². The van der Waals surface area contributed by atoms with E-state index < -0.39 is 0 Å². The first-order valence-corrected chi connectivity index (χ1v) is 9.34. The summed E-state index contributed by atoms with van der Waals surface area (Å²) in [7, 11) is 0. The maximum atomic E-state index is 13.2. The second kappa shape index (κ2) is 5.93. The van der Waals surface area contributed by atoms with Crippen LogP contribution in [0.4, 0.5) is 0 Å². The number of likely N-dealkylation sites (tertiary alicyclic amines) is 1. The largest absolute Gasteiger partial charge is 0.331 e. The molecule has 2 fully saturated rings. The predicted octanol–water partition coefficient (Wildman–Crippen LogP) is 2.70. The van der Waals surface area contributed by atoms with Crippen LogP contribution in [0.3, 0.4) is 0 Å². The number of aromatic nitrogens is 5. The van der Waals surface area contributed by atoms with Gasteiger partial charge >= 0.3 is 0 Å². The summed E-state index contributed by atoms with van der Waals surface area (Å²) in [4.78, 5) is 24.3. The zero-order valence-corrected chi connectivity index (χ0v) is 14.9. The molecule has 7 heteroatoms. The summed E-state index contributed by atoms with van der Waals surface area (Å²) in [5.41, 5.74) is 2.03. The number of carbonyl (C=O) groups is 1. The molecule has 2 aromatic heterocycles. The van der Waals surface area contributed by atoms with E-state index in [0.29, 0.717) is 12.5 Å². The third kappa shape index (κ3) is 2.58. The second-order valence-electron chi connectivity index (χ2n) is 7.34. The van der Waals surface area contributed by atoms with E-state index in [1.165, 1.54) is 12.8 Å². The number of para-hydroxylation sites is 2. The molecule has 1 amide bonds. The number of aromatic amines is 1. The second-order valence-corrected chi connectivity index (χ2v) is 7.34. The van der Waals surface area contributed by atoms with E-state index >= 15 is 0 Å². The van der Waals surface area contributed by atoms with Crippen LogP contribution in [0.5, 0.6) is 0 Å². The Kier molecular flexibility index (Phi) is 3.55. The molecule has 0 bridgehead atoms. The Bertz CT molecular complexity index is 969. The van der Waals surface area contributed by atoms with E-state index in [1.54, 1.807) is 0 Å². The number of nitrogens with one attached hydrogen (secondary N) is 1. The van der Waals surface area contributed by atoms with Crippen molar-refractivity contribution in [1.29, 1.82) is 0 Å². The molecule has 5 rings (SSSR count). The minimum atomic E-state index is -0.0217. The van der Waals surface area contributed by atoms with Crippen molar-refractivity contribution >= 4 is 16.9 Å². The van der Waals surface area contributed by atoms with E-state index in [0.717, 1.165) is 47.9 Å². The topological polar surface area (TPSA) is 79.7 Å². The number of aryl methyl sites for hydroxylation is 1. The molecule has 0 spiro atoms. The zero-order valence-electron chi connectivity index (χ0n) is 14.9. The molecule has 0 radical (unpaired) electrons. The van der Waals surface area contributed by atoms with Crippen molar-refractivity contribution in [3.63, 3.8) is 0 Å². The maximum Gasteiger partial charge on any atom is 0.243 e. The van der Waals surface area contributed by atoms with Crippen LogP contribution in [0.1, 0.15) is 55.1 Å². The number of nitrogens with zero attached hydrogens (tertiary/aromatic N) is 5. The minimum Gasteiger partial charge on any atom is -0.331 e. The van der Waals surface area contributed by atoms with Crippen molar-refractivity contribution < 1.29 is 4.79 Å². The number of rotatable bonds is 4. The Morgan fingerprint density at radius 1 is 1.23 bits per heavy atom. The number of amides is 1. The average molecular weight is 350 g/mol. The summed E-state index contributed by atoms with van der Waals surface area (Å²) in [5.74, 6) is 3.20. The first kappa shape index (κ1) is 15.5. The van der Waals surface area contributed by atoms with Gasteiger partial charge in [0, 0.05) is 12.5 Å². The van der Waals surface area contributed by atoms with Gasteiger partial charge in [-0.05, 0) is 44.7 Å². The van der Waals surface area contributed by atoms with E-state index in [1.807, 2.05) is 30.0 Å². The highest BCUT2D eigenvalue weighted by Crippen LogP contribution is 2.41. The van der Waals surface area contributed by atoms with Gasteiger partial charge in [0.1, 0.15) is 18.2 Å². The zero-order chi connectivity index (χ0) is 17.7. The van der Waals surface area contributed by atoms with E-state index in [-0.39, 0.29) is 11.9 Å². The molecule has 2 aliphatic rings. The molecule has 1 N–H and O–H groups in total.